The maximum atomic E-state index is 3.49. The molecule has 0 spiro atoms. The first-order chi connectivity index (χ1) is 15.8. The maximum absolute atomic E-state index is 3.49. The van der Waals surface area contributed by atoms with E-state index in [-0.39, 0.29) is 0 Å². The molecule has 2 heteroatoms. The molecule has 0 bridgehead atoms. The quantitative estimate of drug-likeness (QED) is 0.229. The number of fused-ring (bicyclic) bond motifs is 1. The summed E-state index contributed by atoms with van der Waals surface area (Å²) in [4.78, 5) is 2.32. The van der Waals surface area contributed by atoms with Crippen LogP contribution in [0, 0.1) is 0 Å². The van der Waals surface area contributed by atoms with Gasteiger partial charge >= 0.3 is 0 Å². The Bertz CT molecular complexity index is 1350. The van der Waals surface area contributed by atoms with E-state index in [2.05, 4.69) is 154 Å². The highest BCUT2D eigenvalue weighted by Gasteiger charge is 2.14. The molecule has 5 aromatic carbocycles. The summed E-state index contributed by atoms with van der Waals surface area (Å²) in [5, 5.41) is 2.47. The third-order valence-corrected chi connectivity index (χ3v) is 6.04. The summed E-state index contributed by atoms with van der Waals surface area (Å²) >= 11 is 3.49. The average molecular weight is 476 g/mol. The molecule has 0 fully saturated rings. The van der Waals surface area contributed by atoms with Crippen molar-refractivity contribution >= 4 is 55.9 Å². The highest BCUT2D eigenvalue weighted by atomic mass is 79.9. The van der Waals surface area contributed by atoms with Crippen LogP contribution in [0.4, 0.5) is 17.1 Å². The Morgan fingerprint density at radius 1 is 0.500 bits per heavy atom. The second-order valence-corrected chi connectivity index (χ2v) is 8.56. The second-order valence-electron chi connectivity index (χ2n) is 7.65. The molecule has 0 unspecified atom stereocenters. The third-order valence-electron chi connectivity index (χ3n) is 5.51. The van der Waals surface area contributed by atoms with Crippen molar-refractivity contribution in [3.05, 3.63) is 137 Å². The monoisotopic (exact) mass is 475 g/mol. The Labute approximate surface area is 197 Å². The predicted octanol–water partition coefficient (Wildman–Crippen LogP) is 9.24. The Kier molecular flexibility index (Phi) is 5.87. The molecule has 0 radical (unpaired) electrons. The number of para-hydroxylation sites is 1. The molecule has 5 rings (SSSR count). The lowest BCUT2D eigenvalue weighted by Crippen LogP contribution is -2.10. The summed E-state index contributed by atoms with van der Waals surface area (Å²) < 4.78 is 1.09. The lowest BCUT2D eigenvalue weighted by Gasteiger charge is -2.27. The van der Waals surface area contributed by atoms with Crippen LogP contribution >= 0.6 is 15.9 Å². The minimum atomic E-state index is 1.09. The third kappa shape index (κ3) is 4.37. The number of nitrogens with zero attached hydrogens (tertiary/aromatic N) is 1. The van der Waals surface area contributed by atoms with Crippen molar-refractivity contribution in [1.29, 1.82) is 0 Å². The Morgan fingerprint density at radius 2 is 1.06 bits per heavy atom. The molecule has 154 valence electrons. The average Bonchev–Trinajstić information content (AvgIpc) is 2.85. The molecule has 0 aliphatic heterocycles. The minimum absolute atomic E-state index is 1.09. The summed E-state index contributed by atoms with van der Waals surface area (Å²) in [5.41, 5.74) is 5.80. The standard InChI is InChI=1S/C30H22BrN/c31-26-19-15-23(16-20-26)13-14-24-17-21-28(22-18-24)32(27-9-2-1-3-10-27)30-12-6-8-25-7-4-5-11-29(25)30/h1-22H. The lowest BCUT2D eigenvalue weighted by molar-refractivity contribution is 1.30. The molecule has 0 saturated carbocycles. The second kappa shape index (κ2) is 9.25. The zero-order chi connectivity index (χ0) is 21.8. The van der Waals surface area contributed by atoms with E-state index in [4.69, 9.17) is 0 Å². The molecule has 0 atom stereocenters. The first-order valence-electron chi connectivity index (χ1n) is 10.6. The van der Waals surface area contributed by atoms with E-state index >= 15 is 0 Å². The number of anilines is 3. The first kappa shape index (κ1) is 20.3. The van der Waals surface area contributed by atoms with Crippen molar-refractivity contribution in [2.24, 2.45) is 0 Å². The molecule has 0 aliphatic carbocycles. The van der Waals surface area contributed by atoms with Crippen molar-refractivity contribution < 1.29 is 0 Å². The summed E-state index contributed by atoms with van der Waals surface area (Å²) in [5.74, 6) is 0. The van der Waals surface area contributed by atoms with Crippen LogP contribution in [0.15, 0.2) is 126 Å². The van der Waals surface area contributed by atoms with Crippen molar-refractivity contribution in [3.8, 4) is 0 Å². The van der Waals surface area contributed by atoms with Crippen LogP contribution in [0.5, 0.6) is 0 Å². The molecule has 0 aromatic heterocycles. The van der Waals surface area contributed by atoms with Crippen LogP contribution in [0.2, 0.25) is 0 Å². The van der Waals surface area contributed by atoms with Gasteiger partial charge in [-0.05, 0) is 59.0 Å². The molecular formula is C30H22BrN. The summed E-state index contributed by atoms with van der Waals surface area (Å²) in [6, 6.07) is 42.6. The molecule has 0 saturated heterocycles. The van der Waals surface area contributed by atoms with Gasteiger partial charge in [-0.3, -0.25) is 0 Å². The smallest absolute Gasteiger partial charge is 0.0540 e. The fraction of sp³-hybridized carbons (Fsp3) is 0. The van der Waals surface area contributed by atoms with Gasteiger partial charge in [0.15, 0.2) is 0 Å². The molecule has 0 aliphatic rings. The van der Waals surface area contributed by atoms with E-state index in [1.165, 1.54) is 27.6 Å². The summed E-state index contributed by atoms with van der Waals surface area (Å²) in [6.45, 7) is 0. The van der Waals surface area contributed by atoms with Gasteiger partial charge in [0.1, 0.15) is 0 Å². The van der Waals surface area contributed by atoms with Gasteiger partial charge in [0.05, 0.1) is 5.69 Å². The number of halogens is 1. The highest BCUT2D eigenvalue weighted by molar-refractivity contribution is 9.10. The fourth-order valence-corrected chi connectivity index (χ4v) is 4.17. The molecule has 0 N–H and O–H groups in total. The van der Waals surface area contributed by atoms with Crippen molar-refractivity contribution in [3.63, 3.8) is 0 Å². The Morgan fingerprint density at radius 3 is 1.78 bits per heavy atom. The van der Waals surface area contributed by atoms with Gasteiger partial charge in [0.25, 0.3) is 0 Å². The van der Waals surface area contributed by atoms with Gasteiger partial charge in [0, 0.05) is 21.2 Å². The number of rotatable bonds is 5. The maximum Gasteiger partial charge on any atom is 0.0540 e. The van der Waals surface area contributed by atoms with Crippen molar-refractivity contribution in [2.45, 2.75) is 0 Å². The molecular weight excluding hydrogens is 454 g/mol. The SMILES string of the molecule is Brc1ccc(C=Cc2ccc(N(c3ccccc3)c3cccc4ccccc34)cc2)cc1. The molecule has 1 nitrogen and oxygen atoms in total. The topological polar surface area (TPSA) is 3.24 Å². The van der Waals surface area contributed by atoms with Crippen LogP contribution in [0.1, 0.15) is 11.1 Å². The van der Waals surface area contributed by atoms with Gasteiger partial charge < -0.3 is 4.90 Å². The van der Waals surface area contributed by atoms with Crippen LogP contribution in [-0.4, -0.2) is 0 Å². The molecule has 5 aromatic rings. The van der Waals surface area contributed by atoms with Gasteiger partial charge in [-0.1, -0.05) is 107 Å². The predicted molar refractivity (Wildman–Crippen MR) is 142 cm³/mol. The number of hydrogen-bond donors (Lipinski definition) is 0. The normalized spacial score (nSPS) is 11.2. The fourth-order valence-electron chi connectivity index (χ4n) is 3.91. The zero-order valence-electron chi connectivity index (χ0n) is 17.5. The van der Waals surface area contributed by atoms with Crippen LogP contribution < -0.4 is 4.90 Å². The Hall–Kier alpha value is -3.62. The van der Waals surface area contributed by atoms with E-state index < -0.39 is 0 Å². The molecule has 0 amide bonds. The van der Waals surface area contributed by atoms with E-state index in [9.17, 15) is 0 Å². The van der Waals surface area contributed by atoms with E-state index in [1.807, 2.05) is 0 Å². The Balaban J connectivity index is 1.53. The minimum Gasteiger partial charge on any atom is -0.310 e. The number of benzene rings is 5. The lowest BCUT2D eigenvalue weighted by atomic mass is 10.1. The van der Waals surface area contributed by atoms with Crippen LogP contribution in [0.25, 0.3) is 22.9 Å². The summed E-state index contributed by atoms with van der Waals surface area (Å²) in [7, 11) is 0. The van der Waals surface area contributed by atoms with Gasteiger partial charge in [-0.15, -0.1) is 0 Å². The number of hydrogen-bond acceptors (Lipinski definition) is 1. The van der Waals surface area contributed by atoms with Gasteiger partial charge in [-0.25, -0.2) is 0 Å². The van der Waals surface area contributed by atoms with Crippen molar-refractivity contribution in [1.82, 2.24) is 0 Å². The zero-order valence-corrected chi connectivity index (χ0v) is 19.1. The largest absolute Gasteiger partial charge is 0.310 e. The highest BCUT2D eigenvalue weighted by Crippen LogP contribution is 2.38. The molecule has 0 heterocycles. The van der Waals surface area contributed by atoms with E-state index in [1.54, 1.807) is 0 Å². The van der Waals surface area contributed by atoms with E-state index in [0.717, 1.165) is 15.8 Å². The molecule has 32 heavy (non-hydrogen) atoms. The van der Waals surface area contributed by atoms with Gasteiger partial charge in [0.2, 0.25) is 0 Å². The summed E-state index contributed by atoms with van der Waals surface area (Å²) in [6.07, 6.45) is 4.29. The van der Waals surface area contributed by atoms with Crippen LogP contribution in [0.3, 0.4) is 0 Å². The van der Waals surface area contributed by atoms with E-state index in [0.29, 0.717) is 0 Å². The van der Waals surface area contributed by atoms with Gasteiger partial charge in [-0.2, -0.15) is 0 Å². The van der Waals surface area contributed by atoms with Crippen molar-refractivity contribution in [2.75, 3.05) is 4.90 Å². The van der Waals surface area contributed by atoms with Crippen LogP contribution in [-0.2, 0) is 0 Å². The first-order valence-corrected chi connectivity index (χ1v) is 11.4.